The Labute approximate surface area is 129 Å². The van der Waals surface area contributed by atoms with Crippen molar-refractivity contribution in [1.29, 1.82) is 0 Å². The van der Waals surface area contributed by atoms with E-state index in [1.54, 1.807) is 0 Å². The Kier molecular flexibility index (Phi) is 5.59. The Morgan fingerprint density at radius 1 is 1.29 bits per heavy atom. The number of nitrogens with zero attached hydrogens (tertiary/aromatic N) is 3. The molecule has 2 rings (SSSR count). The number of hydrogen-bond donors (Lipinski definition) is 1. The largest absolute Gasteiger partial charge is 0.353 e. The van der Waals surface area contributed by atoms with E-state index in [1.165, 1.54) is 16.9 Å². The van der Waals surface area contributed by atoms with E-state index >= 15 is 0 Å². The average Bonchev–Trinajstić information content (AvgIpc) is 2.45. The predicted octanol–water partition coefficient (Wildman–Crippen LogP) is 2.34. The van der Waals surface area contributed by atoms with Crippen LogP contribution in [0.5, 0.6) is 0 Å². The number of nitrogens with one attached hydrogen (secondary N) is 1. The Morgan fingerprint density at radius 2 is 2.05 bits per heavy atom. The van der Waals surface area contributed by atoms with Crippen molar-refractivity contribution in [1.82, 2.24) is 15.2 Å². The zero-order valence-electron chi connectivity index (χ0n) is 14.2. The first-order valence-corrected chi connectivity index (χ1v) is 8.23. The Bertz CT molecular complexity index is 472. The second-order valence-electron chi connectivity index (χ2n) is 6.09. The van der Waals surface area contributed by atoms with Crippen LogP contribution in [0.25, 0.3) is 0 Å². The number of pyridine rings is 1. The van der Waals surface area contributed by atoms with Gasteiger partial charge in [-0.05, 0) is 45.5 Å². The summed E-state index contributed by atoms with van der Waals surface area (Å²) >= 11 is 0. The minimum Gasteiger partial charge on any atom is -0.353 e. The normalized spacial score (nSPS) is 20.0. The van der Waals surface area contributed by atoms with Crippen molar-refractivity contribution in [3.8, 4) is 0 Å². The first-order chi connectivity index (χ1) is 10.1. The molecule has 4 nitrogen and oxygen atoms in total. The standard InChI is InChI=1S/C17H30N4/c1-6-18-11-16-13(3)10-14(4)19-17(16)21-9-8-20(7-2)15(5)12-21/h10,15,18H,6-9,11-12H2,1-5H3. The minimum atomic E-state index is 0.596. The van der Waals surface area contributed by atoms with Crippen LogP contribution in [0.3, 0.4) is 0 Å². The van der Waals surface area contributed by atoms with Gasteiger partial charge in [-0.3, -0.25) is 4.90 Å². The van der Waals surface area contributed by atoms with Gasteiger partial charge in [0.15, 0.2) is 0 Å². The van der Waals surface area contributed by atoms with Gasteiger partial charge in [-0.25, -0.2) is 4.98 Å². The highest BCUT2D eigenvalue weighted by Gasteiger charge is 2.25. The van der Waals surface area contributed by atoms with Crippen LogP contribution >= 0.6 is 0 Å². The van der Waals surface area contributed by atoms with Crippen molar-refractivity contribution >= 4 is 5.82 Å². The van der Waals surface area contributed by atoms with Gasteiger partial charge in [-0.2, -0.15) is 0 Å². The lowest BCUT2D eigenvalue weighted by atomic mass is 10.1. The van der Waals surface area contributed by atoms with Crippen LogP contribution in [-0.4, -0.2) is 48.6 Å². The van der Waals surface area contributed by atoms with E-state index in [-0.39, 0.29) is 0 Å². The molecule has 1 aromatic heterocycles. The number of hydrogen-bond acceptors (Lipinski definition) is 4. The van der Waals surface area contributed by atoms with Crippen molar-refractivity contribution in [2.24, 2.45) is 0 Å². The summed E-state index contributed by atoms with van der Waals surface area (Å²) in [7, 11) is 0. The summed E-state index contributed by atoms with van der Waals surface area (Å²) in [6, 6.07) is 2.79. The third-order valence-electron chi connectivity index (χ3n) is 4.48. The summed E-state index contributed by atoms with van der Waals surface area (Å²) in [6.07, 6.45) is 0. The minimum absolute atomic E-state index is 0.596. The zero-order chi connectivity index (χ0) is 15.4. The molecule has 0 amide bonds. The van der Waals surface area contributed by atoms with Crippen LogP contribution in [-0.2, 0) is 6.54 Å². The number of likely N-dealkylation sites (N-methyl/N-ethyl adjacent to an activating group) is 1. The fourth-order valence-electron chi connectivity index (χ4n) is 3.23. The summed E-state index contributed by atoms with van der Waals surface area (Å²) in [5.41, 5.74) is 3.83. The van der Waals surface area contributed by atoms with Gasteiger partial charge in [0.25, 0.3) is 0 Å². The number of aryl methyl sites for hydroxylation is 2. The Hall–Kier alpha value is -1.13. The molecule has 1 aliphatic heterocycles. The van der Waals surface area contributed by atoms with Crippen molar-refractivity contribution in [2.75, 3.05) is 37.6 Å². The molecule has 0 aromatic carbocycles. The summed E-state index contributed by atoms with van der Waals surface area (Å²) in [6.45, 7) is 17.3. The van der Waals surface area contributed by atoms with Crippen LogP contribution < -0.4 is 10.2 Å². The topological polar surface area (TPSA) is 31.4 Å². The molecular weight excluding hydrogens is 260 g/mol. The van der Waals surface area contributed by atoms with Crippen LogP contribution in [0.4, 0.5) is 5.82 Å². The summed E-state index contributed by atoms with van der Waals surface area (Å²) in [5, 5.41) is 3.46. The maximum absolute atomic E-state index is 4.86. The van der Waals surface area contributed by atoms with E-state index in [0.717, 1.165) is 45.0 Å². The fraction of sp³-hybridized carbons (Fsp3) is 0.706. The van der Waals surface area contributed by atoms with Gasteiger partial charge in [0.1, 0.15) is 5.82 Å². The second-order valence-corrected chi connectivity index (χ2v) is 6.09. The highest BCUT2D eigenvalue weighted by atomic mass is 15.3. The molecule has 2 heterocycles. The molecule has 4 heteroatoms. The maximum Gasteiger partial charge on any atom is 0.133 e. The van der Waals surface area contributed by atoms with Crippen molar-refractivity contribution in [3.05, 3.63) is 22.9 Å². The monoisotopic (exact) mass is 290 g/mol. The molecule has 1 unspecified atom stereocenters. The van der Waals surface area contributed by atoms with Gasteiger partial charge < -0.3 is 10.2 Å². The van der Waals surface area contributed by atoms with Crippen LogP contribution in [0, 0.1) is 13.8 Å². The third kappa shape index (κ3) is 3.74. The molecule has 118 valence electrons. The number of piperazine rings is 1. The third-order valence-corrected chi connectivity index (χ3v) is 4.48. The summed E-state index contributed by atoms with van der Waals surface area (Å²) in [4.78, 5) is 9.88. The molecular formula is C17H30N4. The lowest BCUT2D eigenvalue weighted by Gasteiger charge is -2.40. The fourth-order valence-corrected chi connectivity index (χ4v) is 3.23. The summed E-state index contributed by atoms with van der Waals surface area (Å²) in [5.74, 6) is 1.19. The molecule has 1 aromatic rings. The van der Waals surface area contributed by atoms with Crippen molar-refractivity contribution < 1.29 is 0 Å². The molecule has 0 spiro atoms. The number of aromatic nitrogens is 1. The number of anilines is 1. The smallest absolute Gasteiger partial charge is 0.133 e. The van der Waals surface area contributed by atoms with Crippen LogP contribution in [0.15, 0.2) is 6.07 Å². The van der Waals surface area contributed by atoms with Gasteiger partial charge in [-0.1, -0.05) is 13.8 Å². The van der Waals surface area contributed by atoms with E-state index in [1.807, 2.05) is 0 Å². The average molecular weight is 290 g/mol. The first kappa shape index (κ1) is 16.2. The molecule has 1 atom stereocenters. The highest BCUT2D eigenvalue weighted by Crippen LogP contribution is 2.25. The molecule has 21 heavy (non-hydrogen) atoms. The second kappa shape index (κ2) is 7.23. The SMILES string of the molecule is CCNCc1c(C)cc(C)nc1N1CCN(CC)C(C)C1. The van der Waals surface area contributed by atoms with Gasteiger partial charge >= 0.3 is 0 Å². The molecule has 1 fully saturated rings. The summed E-state index contributed by atoms with van der Waals surface area (Å²) < 4.78 is 0. The van der Waals surface area contributed by atoms with Gasteiger partial charge in [0.05, 0.1) is 0 Å². The van der Waals surface area contributed by atoms with E-state index in [4.69, 9.17) is 4.98 Å². The van der Waals surface area contributed by atoms with Gasteiger partial charge in [0.2, 0.25) is 0 Å². The van der Waals surface area contributed by atoms with E-state index < -0.39 is 0 Å². The molecule has 1 aliphatic rings. The van der Waals surface area contributed by atoms with Crippen LogP contribution in [0.2, 0.25) is 0 Å². The predicted molar refractivity (Wildman–Crippen MR) is 90.0 cm³/mol. The first-order valence-electron chi connectivity index (χ1n) is 8.23. The quantitative estimate of drug-likeness (QED) is 0.902. The molecule has 0 radical (unpaired) electrons. The van der Waals surface area contributed by atoms with Gasteiger partial charge in [0, 0.05) is 43.5 Å². The van der Waals surface area contributed by atoms with E-state index in [2.05, 4.69) is 55.8 Å². The molecule has 0 bridgehead atoms. The highest BCUT2D eigenvalue weighted by molar-refractivity contribution is 5.52. The molecule has 0 saturated carbocycles. The molecule has 1 saturated heterocycles. The molecule has 0 aliphatic carbocycles. The van der Waals surface area contributed by atoms with E-state index in [0.29, 0.717) is 6.04 Å². The van der Waals surface area contributed by atoms with Crippen molar-refractivity contribution in [2.45, 2.75) is 47.2 Å². The van der Waals surface area contributed by atoms with E-state index in [9.17, 15) is 0 Å². The Morgan fingerprint density at radius 3 is 2.67 bits per heavy atom. The van der Waals surface area contributed by atoms with Gasteiger partial charge in [-0.15, -0.1) is 0 Å². The number of rotatable bonds is 5. The molecule has 1 N–H and O–H groups in total. The van der Waals surface area contributed by atoms with Crippen LogP contribution in [0.1, 0.15) is 37.6 Å². The lowest BCUT2D eigenvalue weighted by molar-refractivity contribution is 0.199. The van der Waals surface area contributed by atoms with Crippen molar-refractivity contribution in [3.63, 3.8) is 0 Å². The lowest BCUT2D eigenvalue weighted by Crippen LogP contribution is -2.52. The zero-order valence-corrected chi connectivity index (χ0v) is 14.2. The Balaban J connectivity index is 2.25. The maximum atomic E-state index is 4.86.